The molecule has 2 heterocycles. The molecule has 1 aromatic heterocycles. The van der Waals surface area contributed by atoms with Gasteiger partial charge < -0.3 is 10.1 Å². The van der Waals surface area contributed by atoms with Crippen molar-refractivity contribution in [3.05, 3.63) is 30.1 Å². The number of aromatic nitrogens is 1. The van der Waals surface area contributed by atoms with Crippen molar-refractivity contribution in [3.63, 3.8) is 0 Å². The molecule has 2 unspecified atom stereocenters. The van der Waals surface area contributed by atoms with Gasteiger partial charge in [-0.3, -0.25) is 9.88 Å². The molecule has 118 valence electrons. The van der Waals surface area contributed by atoms with E-state index in [1.807, 2.05) is 12.3 Å². The van der Waals surface area contributed by atoms with E-state index in [1.54, 1.807) is 0 Å². The number of hydrogen-bond acceptors (Lipinski definition) is 4. The highest BCUT2D eigenvalue weighted by Gasteiger charge is 2.26. The number of nitrogens with zero attached hydrogens (tertiary/aromatic N) is 2. The lowest BCUT2D eigenvalue weighted by Gasteiger charge is -2.30. The van der Waals surface area contributed by atoms with E-state index in [-0.39, 0.29) is 0 Å². The lowest BCUT2D eigenvalue weighted by Crippen LogP contribution is -2.46. The first-order chi connectivity index (χ1) is 10.3. The Morgan fingerprint density at radius 1 is 1.43 bits per heavy atom. The van der Waals surface area contributed by atoms with Gasteiger partial charge >= 0.3 is 0 Å². The van der Waals surface area contributed by atoms with E-state index in [0.29, 0.717) is 12.0 Å². The third-order valence-electron chi connectivity index (χ3n) is 4.20. The van der Waals surface area contributed by atoms with Crippen LogP contribution in [-0.2, 0) is 11.3 Å². The van der Waals surface area contributed by atoms with Crippen LogP contribution in [0.1, 0.15) is 32.4 Å². The maximum absolute atomic E-state index is 5.58. The van der Waals surface area contributed by atoms with E-state index in [2.05, 4.69) is 41.2 Å². The number of nitrogens with one attached hydrogen (secondary N) is 1. The van der Waals surface area contributed by atoms with Crippen LogP contribution in [0.25, 0.3) is 0 Å². The second-order valence-corrected chi connectivity index (χ2v) is 5.83. The van der Waals surface area contributed by atoms with Crippen molar-refractivity contribution < 1.29 is 4.74 Å². The average Bonchev–Trinajstić information content (AvgIpc) is 3.05. The molecular formula is C17H29N3O. The summed E-state index contributed by atoms with van der Waals surface area (Å²) in [6, 6.07) is 6.67. The Morgan fingerprint density at radius 2 is 2.33 bits per heavy atom. The maximum atomic E-state index is 5.58. The van der Waals surface area contributed by atoms with Gasteiger partial charge in [-0.05, 0) is 38.1 Å². The molecule has 0 saturated carbocycles. The fourth-order valence-corrected chi connectivity index (χ4v) is 2.88. The van der Waals surface area contributed by atoms with Crippen molar-refractivity contribution in [2.75, 3.05) is 32.8 Å². The van der Waals surface area contributed by atoms with Gasteiger partial charge in [-0.2, -0.15) is 0 Å². The van der Waals surface area contributed by atoms with Crippen molar-refractivity contribution in [3.8, 4) is 0 Å². The van der Waals surface area contributed by atoms with Gasteiger partial charge in [0, 0.05) is 37.9 Å². The number of likely N-dealkylation sites (N-methyl/N-ethyl adjacent to an activating group) is 1. The molecule has 0 spiro atoms. The Kier molecular flexibility index (Phi) is 7.13. The largest absolute Gasteiger partial charge is 0.381 e. The number of rotatable bonds is 9. The van der Waals surface area contributed by atoms with E-state index in [0.717, 1.165) is 45.1 Å². The van der Waals surface area contributed by atoms with E-state index >= 15 is 0 Å². The summed E-state index contributed by atoms with van der Waals surface area (Å²) >= 11 is 0. The fraction of sp³-hybridized carbons (Fsp3) is 0.706. The molecule has 0 aromatic carbocycles. The van der Waals surface area contributed by atoms with Gasteiger partial charge in [-0.1, -0.05) is 19.9 Å². The zero-order valence-corrected chi connectivity index (χ0v) is 13.4. The Balaban J connectivity index is 1.92. The van der Waals surface area contributed by atoms with Gasteiger partial charge in [0.1, 0.15) is 0 Å². The molecule has 2 rings (SSSR count). The molecule has 1 saturated heterocycles. The minimum Gasteiger partial charge on any atom is -0.381 e. The third-order valence-corrected chi connectivity index (χ3v) is 4.20. The van der Waals surface area contributed by atoms with Crippen molar-refractivity contribution in [2.24, 2.45) is 5.92 Å². The highest BCUT2D eigenvalue weighted by molar-refractivity contribution is 5.03. The Morgan fingerprint density at radius 3 is 2.95 bits per heavy atom. The zero-order valence-electron chi connectivity index (χ0n) is 13.4. The summed E-state index contributed by atoms with van der Waals surface area (Å²) in [7, 11) is 0. The molecule has 21 heavy (non-hydrogen) atoms. The predicted molar refractivity (Wildman–Crippen MR) is 86.2 cm³/mol. The average molecular weight is 291 g/mol. The van der Waals surface area contributed by atoms with E-state index in [4.69, 9.17) is 4.74 Å². The summed E-state index contributed by atoms with van der Waals surface area (Å²) in [4.78, 5) is 6.93. The quantitative estimate of drug-likeness (QED) is 0.757. The number of hydrogen-bond donors (Lipinski definition) is 1. The number of pyridine rings is 1. The summed E-state index contributed by atoms with van der Waals surface area (Å²) in [5.74, 6) is 0.648. The summed E-state index contributed by atoms with van der Waals surface area (Å²) < 4.78 is 5.58. The van der Waals surface area contributed by atoms with Crippen molar-refractivity contribution in [1.82, 2.24) is 15.2 Å². The van der Waals surface area contributed by atoms with Gasteiger partial charge in [-0.15, -0.1) is 0 Å². The van der Waals surface area contributed by atoms with Crippen molar-refractivity contribution >= 4 is 0 Å². The van der Waals surface area contributed by atoms with E-state index in [1.165, 1.54) is 12.8 Å². The molecule has 0 aliphatic carbocycles. The highest BCUT2D eigenvalue weighted by Crippen LogP contribution is 2.18. The molecule has 4 nitrogen and oxygen atoms in total. The van der Waals surface area contributed by atoms with Crippen LogP contribution >= 0.6 is 0 Å². The van der Waals surface area contributed by atoms with Crippen LogP contribution in [-0.4, -0.2) is 48.8 Å². The molecular weight excluding hydrogens is 262 g/mol. The van der Waals surface area contributed by atoms with Crippen LogP contribution in [0, 0.1) is 5.92 Å². The van der Waals surface area contributed by atoms with Gasteiger partial charge in [0.25, 0.3) is 0 Å². The summed E-state index contributed by atoms with van der Waals surface area (Å²) in [5, 5.41) is 3.72. The van der Waals surface area contributed by atoms with Crippen molar-refractivity contribution in [1.29, 1.82) is 0 Å². The van der Waals surface area contributed by atoms with Crippen LogP contribution < -0.4 is 5.32 Å². The zero-order chi connectivity index (χ0) is 14.9. The van der Waals surface area contributed by atoms with Crippen LogP contribution in [0.2, 0.25) is 0 Å². The summed E-state index contributed by atoms with van der Waals surface area (Å²) in [6.45, 7) is 10.4. The normalized spacial score (nSPS) is 20.0. The smallest absolute Gasteiger partial charge is 0.0543 e. The molecule has 0 amide bonds. The first-order valence-electron chi connectivity index (χ1n) is 8.26. The lowest BCUT2D eigenvalue weighted by atomic mass is 9.98. The molecule has 1 aromatic rings. The molecule has 1 N–H and O–H groups in total. The standard InChI is InChI=1S/C17H29N3O/c1-3-9-19-17(15-8-11-21-14-15)13-20(4-2)12-16-7-5-6-10-18-16/h5-7,10,15,17,19H,3-4,8-9,11-14H2,1-2H3. The summed E-state index contributed by atoms with van der Waals surface area (Å²) in [6.07, 6.45) is 4.24. The summed E-state index contributed by atoms with van der Waals surface area (Å²) in [5.41, 5.74) is 1.15. The Labute approximate surface area is 128 Å². The van der Waals surface area contributed by atoms with E-state index < -0.39 is 0 Å². The van der Waals surface area contributed by atoms with Crippen LogP contribution in [0.3, 0.4) is 0 Å². The van der Waals surface area contributed by atoms with Gasteiger partial charge in [-0.25, -0.2) is 0 Å². The monoisotopic (exact) mass is 291 g/mol. The topological polar surface area (TPSA) is 37.4 Å². The van der Waals surface area contributed by atoms with E-state index in [9.17, 15) is 0 Å². The highest BCUT2D eigenvalue weighted by atomic mass is 16.5. The molecule has 1 fully saturated rings. The fourth-order valence-electron chi connectivity index (χ4n) is 2.88. The van der Waals surface area contributed by atoms with Gasteiger partial charge in [0.2, 0.25) is 0 Å². The molecule has 1 aliphatic rings. The SMILES string of the molecule is CCCNC(CN(CC)Cc1ccccn1)C1CCOC1. The molecule has 0 bridgehead atoms. The third kappa shape index (κ3) is 5.38. The second-order valence-electron chi connectivity index (χ2n) is 5.83. The molecule has 1 aliphatic heterocycles. The van der Waals surface area contributed by atoms with Crippen LogP contribution in [0.15, 0.2) is 24.4 Å². The van der Waals surface area contributed by atoms with Crippen LogP contribution in [0.5, 0.6) is 0 Å². The molecule has 2 atom stereocenters. The Hall–Kier alpha value is -0.970. The minimum atomic E-state index is 0.524. The number of ether oxygens (including phenoxy) is 1. The minimum absolute atomic E-state index is 0.524. The molecule has 4 heteroatoms. The lowest BCUT2D eigenvalue weighted by molar-refractivity contribution is 0.160. The first kappa shape index (κ1) is 16.4. The molecule has 0 radical (unpaired) electrons. The second kappa shape index (κ2) is 9.13. The first-order valence-corrected chi connectivity index (χ1v) is 8.26. The maximum Gasteiger partial charge on any atom is 0.0543 e. The Bertz CT molecular complexity index is 379. The predicted octanol–water partition coefficient (Wildman–Crippen LogP) is 2.31. The van der Waals surface area contributed by atoms with Crippen LogP contribution in [0.4, 0.5) is 0 Å². The van der Waals surface area contributed by atoms with Gasteiger partial charge in [0.05, 0.1) is 12.3 Å². The van der Waals surface area contributed by atoms with Gasteiger partial charge in [0.15, 0.2) is 0 Å². The van der Waals surface area contributed by atoms with Crippen molar-refractivity contribution in [2.45, 2.75) is 39.3 Å².